The SMILES string of the molecule is CCC(C)NC(C)(CC(OC)OC)C(N)=O. The van der Waals surface area contributed by atoms with Gasteiger partial charge in [0.05, 0.1) is 5.54 Å². The van der Waals surface area contributed by atoms with Gasteiger partial charge >= 0.3 is 0 Å². The average molecular weight is 232 g/mol. The number of carbonyl (C=O) groups is 1. The fourth-order valence-electron chi connectivity index (χ4n) is 1.47. The van der Waals surface area contributed by atoms with Crippen LogP contribution in [0.3, 0.4) is 0 Å². The summed E-state index contributed by atoms with van der Waals surface area (Å²) < 4.78 is 10.2. The van der Waals surface area contributed by atoms with Crippen LogP contribution in [-0.4, -0.2) is 38.0 Å². The van der Waals surface area contributed by atoms with Crippen LogP contribution >= 0.6 is 0 Å². The summed E-state index contributed by atoms with van der Waals surface area (Å²) in [6.45, 7) is 5.82. The molecule has 0 aliphatic rings. The van der Waals surface area contributed by atoms with E-state index in [2.05, 4.69) is 5.32 Å². The van der Waals surface area contributed by atoms with Gasteiger partial charge in [0.2, 0.25) is 5.91 Å². The van der Waals surface area contributed by atoms with E-state index >= 15 is 0 Å². The Kier molecular flexibility index (Phi) is 6.55. The predicted molar refractivity (Wildman–Crippen MR) is 62.9 cm³/mol. The zero-order chi connectivity index (χ0) is 12.8. The third-order valence-corrected chi connectivity index (χ3v) is 2.82. The average Bonchev–Trinajstić information content (AvgIpc) is 2.25. The molecular formula is C11H24N2O3. The van der Waals surface area contributed by atoms with Gasteiger partial charge in [0.15, 0.2) is 6.29 Å². The smallest absolute Gasteiger partial charge is 0.237 e. The largest absolute Gasteiger partial charge is 0.368 e. The molecule has 0 aromatic heterocycles. The summed E-state index contributed by atoms with van der Waals surface area (Å²) in [4.78, 5) is 11.5. The molecule has 0 heterocycles. The molecule has 0 aromatic carbocycles. The molecule has 0 fully saturated rings. The number of amides is 1. The summed E-state index contributed by atoms with van der Waals surface area (Å²) in [5.74, 6) is -0.396. The first kappa shape index (κ1) is 15.3. The minimum absolute atomic E-state index is 0.215. The van der Waals surface area contributed by atoms with E-state index in [0.29, 0.717) is 6.42 Å². The lowest BCUT2D eigenvalue weighted by Crippen LogP contribution is -2.57. The Morgan fingerprint density at radius 3 is 2.25 bits per heavy atom. The van der Waals surface area contributed by atoms with E-state index in [4.69, 9.17) is 15.2 Å². The Labute approximate surface area is 97.7 Å². The molecule has 0 spiro atoms. The van der Waals surface area contributed by atoms with Gasteiger partial charge in [0.1, 0.15) is 0 Å². The van der Waals surface area contributed by atoms with Crippen LogP contribution < -0.4 is 11.1 Å². The fraction of sp³-hybridized carbons (Fsp3) is 0.909. The van der Waals surface area contributed by atoms with E-state index < -0.39 is 17.7 Å². The van der Waals surface area contributed by atoms with Crippen molar-refractivity contribution in [1.29, 1.82) is 0 Å². The van der Waals surface area contributed by atoms with E-state index in [0.717, 1.165) is 6.42 Å². The second-order valence-electron chi connectivity index (χ2n) is 4.26. The Morgan fingerprint density at radius 2 is 1.94 bits per heavy atom. The predicted octanol–water partition coefficient (Wildman–Crippen LogP) is 0.628. The monoisotopic (exact) mass is 232 g/mol. The molecule has 0 bridgehead atoms. The van der Waals surface area contributed by atoms with Crippen LogP contribution in [0.5, 0.6) is 0 Å². The molecule has 0 aliphatic carbocycles. The zero-order valence-corrected chi connectivity index (χ0v) is 10.9. The van der Waals surface area contributed by atoms with Gasteiger partial charge in [-0.1, -0.05) is 6.92 Å². The van der Waals surface area contributed by atoms with Crippen LogP contribution in [0.1, 0.15) is 33.6 Å². The van der Waals surface area contributed by atoms with Gasteiger partial charge in [-0.3, -0.25) is 4.79 Å². The number of nitrogens with one attached hydrogen (secondary N) is 1. The summed E-state index contributed by atoms with van der Waals surface area (Å²) >= 11 is 0. The van der Waals surface area contributed by atoms with Gasteiger partial charge in [0, 0.05) is 26.7 Å². The molecule has 5 nitrogen and oxygen atoms in total. The van der Waals surface area contributed by atoms with E-state index in [1.165, 1.54) is 0 Å². The summed E-state index contributed by atoms with van der Waals surface area (Å²) in [6, 6.07) is 0.215. The highest BCUT2D eigenvalue weighted by atomic mass is 16.7. The van der Waals surface area contributed by atoms with Crippen LogP contribution in [0.15, 0.2) is 0 Å². The molecule has 2 atom stereocenters. The fourth-order valence-corrected chi connectivity index (χ4v) is 1.47. The third-order valence-electron chi connectivity index (χ3n) is 2.82. The molecule has 0 aromatic rings. The molecular weight excluding hydrogens is 208 g/mol. The van der Waals surface area contributed by atoms with Crippen LogP contribution in [-0.2, 0) is 14.3 Å². The van der Waals surface area contributed by atoms with Gasteiger partial charge in [-0.25, -0.2) is 0 Å². The van der Waals surface area contributed by atoms with Crippen molar-refractivity contribution in [2.75, 3.05) is 14.2 Å². The molecule has 0 radical (unpaired) electrons. The molecule has 0 rings (SSSR count). The number of hydrogen-bond donors (Lipinski definition) is 2. The van der Waals surface area contributed by atoms with Gasteiger partial charge in [-0.05, 0) is 20.3 Å². The Bertz CT molecular complexity index is 219. The van der Waals surface area contributed by atoms with Crippen molar-refractivity contribution in [1.82, 2.24) is 5.32 Å². The standard InChI is InChI=1S/C11H24N2O3/c1-6-8(2)13-11(3,10(12)14)7-9(15-4)16-5/h8-9,13H,6-7H2,1-5H3,(H2,12,14). The van der Waals surface area contributed by atoms with Crippen molar-refractivity contribution in [3.05, 3.63) is 0 Å². The summed E-state index contributed by atoms with van der Waals surface area (Å²) in [7, 11) is 3.08. The highest BCUT2D eigenvalue weighted by Gasteiger charge is 2.35. The van der Waals surface area contributed by atoms with Crippen molar-refractivity contribution >= 4 is 5.91 Å². The molecule has 0 aliphatic heterocycles. The first-order valence-corrected chi connectivity index (χ1v) is 5.52. The molecule has 16 heavy (non-hydrogen) atoms. The van der Waals surface area contributed by atoms with Crippen molar-refractivity contribution in [2.24, 2.45) is 5.73 Å². The van der Waals surface area contributed by atoms with Crippen molar-refractivity contribution in [2.45, 2.75) is 51.5 Å². The lowest BCUT2D eigenvalue weighted by Gasteiger charge is -2.33. The molecule has 5 heteroatoms. The number of carbonyl (C=O) groups excluding carboxylic acids is 1. The molecule has 2 unspecified atom stereocenters. The molecule has 0 saturated carbocycles. The second-order valence-corrected chi connectivity index (χ2v) is 4.26. The van der Waals surface area contributed by atoms with Crippen LogP contribution in [0.2, 0.25) is 0 Å². The van der Waals surface area contributed by atoms with Crippen molar-refractivity contribution in [3.63, 3.8) is 0 Å². The molecule has 3 N–H and O–H groups in total. The number of rotatable bonds is 8. The number of methoxy groups -OCH3 is 2. The maximum absolute atomic E-state index is 11.5. The topological polar surface area (TPSA) is 73.6 Å². The normalized spacial score (nSPS) is 17.1. The number of hydrogen-bond acceptors (Lipinski definition) is 4. The Hall–Kier alpha value is -0.650. The Balaban J connectivity index is 4.62. The van der Waals surface area contributed by atoms with E-state index in [9.17, 15) is 4.79 Å². The van der Waals surface area contributed by atoms with Crippen molar-refractivity contribution in [3.8, 4) is 0 Å². The van der Waals surface area contributed by atoms with E-state index in [1.807, 2.05) is 13.8 Å². The number of primary amides is 1. The van der Waals surface area contributed by atoms with Gasteiger partial charge in [-0.15, -0.1) is 0 Å². The van der Waals surface area contributed by atoms with Gasteiger partial charge in [-0.2, -0.15) is 0 Å². The quantitative estimate of drug-likeness (QED) is 0.602. The molecule has 0 saturated heterocycles. The lowest BCUT2D eigenvalue weighted by molar-refractivity contribution is -0.138. The minimum Gasteiger partial charge on any atom is -0.368 e. The summed E-state index contributed by atoms with van der Waals surface area (Å²) in [6.07, 6.45) is 0.877. The third kappa shape index (κ3) is 4.47. The molecule has 1 amide bonds. The van der Waals surface area contributed by atoms with E-state index in [-0.39, 0.29) is 6.04 Å². The first-order valence-electron chi connectivity index (χ1n) is 5.52. The highest BCUT2D eigenvalue weighted by molar-refractivity contribution is 5.84. The second kappa shape index (κ2) is 6.83. The maximum Gasteiger partial charge on any atom is 0.237 e. The first-order chi connectivity index (χ1) is 7.39. The van der Waals surface area contributed by atoms with Crippen LogP contribution in [0.4, 0.5) is 0 Å². The zero-order valence-electron chi connectivity index (χ0n) is 10.9. The van der Waals surface area contributed by atoms with Gasteiger partial charge < -0.3 is 20.5 Å². The lowest BCUT2D eigenvalue weighted by atomic mass is 9.95. The molecule has 96 valence electrons. The van der Waals surface area contributed by atoms with Crippen molar-refractivity contribution < 1.29 is 14.3 Å². The van der Waals surface area contributed by atoms with Gasteiger partial charge in [0.25, 0.3) is 0 Å². The van der Waals surface area contributed by atoms with Crippen LogP contribution in [0.25, 0.3) is 0 Å². The summed E-state index contributed by atoms with van der Waals surface area (Å²) in [5.41, 5.74) is 4.61. The Morgan fingerprint density at radius 1 is 1.44 bits per heavy atom. The summed E-state index contributed by atoms with van der Waals surface area (Å²) in [5, 5.41) is 3.21. The number of ether oxygens (including phenoxy) is 2. The van der Waals surface area contributed by atoms with E-state index in [1.54, 1.807) is 21.1 Å². The maximum atomic E-state index is 11.5. The number of nitrogens with two attached hydrogens (primary N) is 1. The van der Waals surface area contributed by atoms with Crippen LogP contribution in [0, 0.1) is 0 Å². The highest BCUT2D eigenvalue weighted by Crippen LogP contribution is 2.16. The minimum atomic E-state index is -0.813.